The van der Waals surface area contributed by atoms with E-state index in [1.54, 1.807) is 12.2 Å². The topological polar surface area (TPSA) is 76.0 Å². The zero-order chi connectivity index (χ0) is 16.3. The smallest absolute Gasteiger partial charge is 0.338 e. The lowest BCUT2D eigenvalue weighted by molar-refractivity contribution is -0.144. The summed E-state index contributed by atoms with van der Waals surface area (Å²) in [6.45, 7) is 10.8. The molecule has 0 aliphatic carbocycles. The second kappa shape index (κ2) is 6.87. The SMILES string of the molecule is CC(C)(C)[Si](C)(C)OC/C=C/C1=C[C@@H]([C@H](O)CO)OC1=O. The van der Waals surface area contributed by atoms with Crippen LogP contribution in [0, 0.1) is 0 Å². The lowest BCUT2D eigenvalue weighted by atomic mass is 10.1. The number of hydrogen-bond acceptors (Lipinski definition) is 5. The first kappa shape index (κ1) is 18.1. The van der Waals surface area contributed by atoms with Gasteiger partial charge in [-0.3, -0.25) is 0 Å². The van der Waals surface area contributed by atoms with E-state index in [-0.39, 0.29) is 5.04 Å². The molecule has 0 bridgehead atoms. The van der Waals surface area contributed by atoms with Gasteiger partial charge in [-0.05, 0) is 30.3 Å². The average molecular weight is 314 g/mol. The molecule has 1 aliphatic rings. The van der Waals surface area contributed by atoms with E-state index in [1.165, 1.54) is 6.08 Å². The number of aliphatic hydroxyl groups excluding tert-OH is 2. The van der Waals surface area contributed by atoms with Crippen LogP contribution in [-0.2, 0) is 14.0 Å². The summed E-state index contributed by atoms with van der Waals surface area (Å²) in [7, 11) is -1.80. The van der Waals surface area contributed by atoms with Crippen molar-refractivity contribution in [1.82, 2.24) is 0 Å². The molecule has 6 heteroatoms. The molecule has 0 fully saturated rings. The van der Waals surface area contributed by atoms with Crippen molar-refractivity contribution in [3.05, 3.63) is 23.8 Å². The van der Waals surface area contributed by atoms with Crippen LogP contribution in [0.2, 0.25) is 18.1 Å². The highest BCUT2D eigenvalue weighted by Gasteiger charge is 2.36. The largest absolute Gasteiger partial charge is 0.452 e. The van der Waals surface area contributed by atoms with Crippen molar-refractivity contribution < 1.29 is 24.2 Å². The van der Waals surface area contributed by atoms with Crippen molar-refractivity contribution in [3.8, 4) is 0 Å². The summed E-state index contributed by atoms with van der Waals surface area (Å²) in [4.78, 5) is 11.6. The van der Waals surface area contributed by atoms with Crippen molar-refractivity contribution in [3.63, 3.8) is 0 Å². The van der Waals surface area contributed by atoms with E-state index in [0.717, 1.165) is 0 Å². The molecule has 21 heavy (non-hydrogen) atoms. The third-order valence-corrected chi connectivity index (χ3v) is 8.53. The van der Waals surface area contributed by atoms with E-state index in [2.05, 4.69) is 33.9 Å². The highest BCUT2D eigenvalue weighted by molar-refractivity contribution is 6.74. The molecule has 0 amide bonds. The van der Waals surface area contributed by atoms with Gasteiger partial charge in [0.15, 0.2) is 8.32 Å². The number of carbonyl (C=O) groups is 1. The standard InChI is InChI=1S/C15H26O5Si/c1-15(2,3)21(4,5)19-8-6-7-11-9-13(12(17)10-16)20-14(11)18/h6-7,9,12-13,16-17H,8,10H2,1-5H3/b7-6+/t12-,13+/m1/s1. The minimum Gasteiger partial charge on any atom is -0.452 e. The molecule has 0 aromatic heterocycles. The molecular weight excluding hydrogens is 288 g/mol. The summed E-state index contributed by atoms with van der Waals surface area (Å²) in [5.74, 6) is -0.490. The zero-order valence-electron chi connectivity index (χ0n) is 13.4. The van der Waals surface area contributed by atoms with Crippen LogP contribution < -0.4 is 0 Å². The van der Waals surface area contributed by atoms with Gasteiger partial charge in [-0.2, -0.15) is 0 Å². The highest BCUT2D eigenvalue weighted by Crippen LogP contribution is 2.36. The summed E-state index contributed by atoms with van der Waals surface area (Å²) in [6.07, 6.45) is 3.08. The Morgan fingerprint density at radius 2 is 2.10 bits per heavy atom. The number of ether oxygens (including phenoxy) is 1. The number of aliphatic hydroxyl groups is 2. The Hall–Kier alpha value is -0.953. The quantitative estimate of drug-likeness (QED) is 0.577. The highest BCUT2D eigenvalue weighted by atomic mass is 28.4. The second-order valence-corrected chi connectivity index (χ2v) is 11.5. The first-order valence-electron chi connectivity index (χ1n) is 7.11. The maximum atomic E-state index is 11.6. The Kier molecular flexibility index (Phi) is 5.92. The third-order valence-electron chi connectivity index (χ3n) is 4.03. The summed E-state index contributed by atoms with van der Waals surface area (Å²) in [6, 6.07) is 0. The Labute approximate surface area is 127 Å². The molecule has 0 aromatic rings. The summed E-state index contributed by atoms with van der Waals surface area (Å²) in [5, 5.41) is 18.4. The number of esters is 1. The Balaban J connectivity index is 2.56. The van der Waals surface area contributed by atoms with Crippen LogP contribution in [0.3, 0.4) is 0 Å². The van der Waals surface area contributed by atoms with Gasteiger partial charge in [0, 0.05) is 0 Å². The molecule has 2 atom stereocenters. The zero-order valence-corrected chi connectivity index (χ0v) is 14.4. The minimum atomic E-state index is -1.80. The Morgan fingerprint density at radius 3 is 2.62 bits per heavy atom. The van der Waals surface area contributed by atoms with Crippen molar-refractivity contribution in [2.75, 3.05) is 13.2 Å². The van der Waals surface area contributed by atoms with Crippen LogP contribution in [0.5, 0.6) is 0 Å². The van der Waals surface area contributed by atoms with Gasteiger partial charge in [0.25, 0.3) is 0 Å². The molecule has 120 valence electrons. The van der Waals surface area contributed by atoms with Gasteiger partial charge in [-0.15, -0.1) is 0 Å². The van der Waals surface area contributed by atoms with Crippen molar-refractivity contribution >= 4 is 14.3 Å². The predicted molar refractivity (Wildman–Crippen MR) is 83.3 cm³/mol. The van der Waals surface area contributed by atoms with Crippen LogP contribution in [0.1, 0.15) is 20.8 Å². The number of cyclic esters (lactones) is 1. The molecule has 0 unspecified atom stereocenters. The number of rotatable bonds is 6. The van der Waals surface area contributed by atoms with E-state index < -0.39 is 33.1 Å². The Bertz CT molecular complexity index is 434. The summed E-state index contributed by atoms with van der Waals surface area (Å²) in [5.41, 5.74) is 0.381. The van der Waals surface area contributed by atoms with E-state index >= 15 is 0 Å². The molecule has 5 nitrogen and oxygen atoms in total. The molecule has 2 N–H and O–H groups in total. The van der Waals surface area contributed by atoms with Crippen LogP contribution in [0.4, 0.5) is 0 Å². The van der Waals surface area contributed by atoms with Crippen molar-refractivity contribution in [1.29, 1.82) is 0 Å². The van der Waals surface area contributed by atoms with Gasteiger partial charge in [0.05, 0.1) is 18.8 Å². The lowest BCUT2D eigenvalue weighted by Gasteiger charge is -2.35. The van der Waals surface area contributed by atoms with Crippen LogP contribution in [0.25, 0.3) is 0 Å². The average Bonchev–Trinajstić information content (AvgIpc) is 2.74. The van der Waals surface area contributed by atoms with Crippen LogP contribution in [0.15, 0.2) is 23.8 Å². The van der Waals surface area contributed by atoms with Gasteiger partial charge in [-0.1, -0.05) is 26.8 Å². The molecule has 1 aliphatic heterocycles. The Morgan fingerprint density at radius 1 is 1.48 bits per heavy atom. The number of hydrogen-bond donors (Lipinski definition) is 2. The minimum absolute atomic E-state index is 0.142. The molecule has 0 radical (unpaired) electrons. The first-order valence-corrected chi connectivity index (χ1v) is 10.0. The maximum absolute atomic E-state index is 11.6. The fraction of sp³-hybridized carbons (Fsp3) is 0.667. The molecule has 1 rings (SSSR count). The fourth-order valence-electron chi connectivity index (χ4n) is 1.54. The van der Waals surface area contributed by atoms with Gasteiger partial charge >= 0.3 is 5.97 Å². The van der Waals surface area contributed by atoms with E-state index in [9.17, 15) is 9.90 Å². The summed E-state index contributed by atoms with van der Waals surface area (Å²) < 4.78 is 10.9. The molecule has 0 spiro atoms. The van der Waals surface area contributed by atoms with Gasteiger partial charge in [-0.25, -0.2) is 4.79 Å². The number of carbonyl (C=O) groups excluding carboxylic acids is 1. The predicted octanol–water partition coefficient (Wildman–Crippen LogP) is 1.77. The van der Waals surface area contributed by atoms with Crippen LogP contribution in [-0.4, -0.2) is 49.9 Å². The van der Waals surface area contributed by atoms with Crippen molar-refractivity contribution in [2.24, 2.45) is 0 Å². The monoisotopic (exact) mass is 314 g/mol. The van der Waals surface area contributed by atoms with E-state index in [0.29, 0.717) is 12.2 Å². The molecule has 1 heterocycles. The maximum Gasteiger partial charge on any atom is 0.338 e. The second-order valence-electron chi connectivity index (χ2n) is 6.72. The molecule has 0 saturated heterocycles. The van der Waals surface area contributed by atoms with E-state index in [4.69, 9.17) is 14.3 Å². The van der Waals surface area contributed by atoms with Gasteiger partial charge < -0.3 is 19.4 Å². The van der Waals surface area contributed by atoms with Crippen molar-refractivity contribution in [2.45, 2.75) is 51.1 Å². The lowest BCUT2D eigenvalue weighted by Crippen LogP contribution is -2.40. The van der Waals surface area contributed by atoms with Gasteiger partial charge in [0.2, 0.25) is 0 Å². The third kappa shape index (κ3) is 4.77. The van der Waals surface area contributed by atoms with Crippen LogP contribution >= 0.6 is 0 Å². The van der Waals surface area contributed by atoms with E-state index in [1.807, 2.05) is 0 Å². The van der Waals surface area contributed by atoms with Gasteiger partial charge in [0.1, 0.15) is 12.2 Å². The molecular formula is C15H26O5Si. The first-order chi connectivity index (χ1) is 9.58. The fourth-order valence-corrected chi connectivity index (χ4v) is 2.48. The molecule has 0 aromatic carbocycles. The summed E-state index contributed by atoms with van der Waals surface area (Å²) >= 11 is 0. The molecule has 0 saturated carbocycles. The normalized spacial score (nSPS) is 21.6.